The van der Waals surface area contributed by atoms with Gasteiger partial charge in [-0.25, -0.2) is 9.67 Å². The minimum Gasteiger partial charge on any atom is -0.383 e. The lowest BCUT2D eigenvalue weighted by atomic mass is 10.1. The smallest absolute Gasteiger partial charge is 0.151 e. The molecule has 2 heterocycles. The van der Waals surface area contributed by atoms with Gasteiger partial charge in [-0.05, 0) is 29.8 Å². The molecule has 2 aromatic heterocycles. The average Bonchev–Trinajstić information content (AvgIpc) is 3.34. The summed E-state index contributed by atoms with van der Waals surface area (Å²) < 4.78 is 4.07. The molecule has 6 heteroatoms. The van der Waals surface area contributed by atoms with Crippen LogP contribution in [0.5, 0.6) is 0 Å². The molecular formula is C23H18N4S2. The molecule has 0 aliphatic carbocycles. The van der Waals surface area contributed by atoms with Crippen molar-refractivity contribution in [3.05, 3.63) is 90.6 Å². The Morgan fingerprint density at radius 3 is 2.31 bits per heavy atom. The van der Waals surface area contributed by atoms with Crippen LogP contribution in [-0.4, -0.2) is 14.8 Å². The van der Waals surface area contributed by atoms with E-state index >= 15 is 0 Å². The van der Waals surface area contributed by atoms with Crippen molar-refractivity contribution in [1.82, 2.24) is 14.8 Å². The fraction of sp³-hybridized carbons (Fsp3) is 0.0435. The van der Waals surface area contributed by atoms with Gasteiger partial charge in [0.25, 0.3) is 0 Å². The van der Waals surface area contributed by atoms with E-state index in [1.165, 1.54) is 4.70 Å². The molecule has 0 radical (unpaired) electrons. The maximum atomic E-state index is 6.58. The van der Waals surface area contributed by atoms with E-state index in [1.807, 2.05) is 71.4 Å². The van der Waals surface area contributed by atoms with Crippen LogP contribution in [0, 0.1) is 0 Å². The van der Waals surface area contributed by atoms with Crippen LogP contribution in [0.25, 0.3) is 27.0 Å². The third-order valence-corrected chi connectivity index (χ3v) is 6.85. The molecule has 0 unspecified atom stereocenters. The van der Waals surface area contributed by atoms with E-state index in [0.717, 1.165) is 32.4 Å². The Bertz CT molecular complexity index is 1230. The van der Waals surface area contributed by atoms with Crippen molar-refractivity contribution < 1.29 is 0 Å². The second kappa shape index (κ2) is 7.73. The molecule has 0 saturated heterocycles. The largest absolute Gasteiger partial charge is 0.383 e. The van der Waals surface area contributed by atoms with Crippen LogP contribution < -0.4 is 5.73 Å². The molecule has 0 bridgehead atoms. The lowest BCUT2D eigenvalue weighted by molar-refractivity contribution is 0.869. The molecule has 3 aromatic carbocycles. The number of hydrogen-bond acceptors (Lipinski definition) is 5. The molecule has 0 amide bonds. The minimum absolute atomic E-state index is 0.655. The Kier molecular flexibility index (Phi) is 4.79. The molecule has 0 saturated carbocycles. The third kappa shape index (κ3) is 3.52. The van der Waals surface area contributed by atoms with Gasteiger partial charge in [0.15, 0.2) is 4.34 Å². The SMILES string of the molecule is Nc1c(-c2ccccc2)c(CSc2nc3ccccc3s2)nn1-c1ccccc1. The number of thiazole rings is 1. The van der Waals surface area contributed by atoms with Crippen LogP contribution in [0.15, 0.2) is 89.3 Å². The molecule has 5 rings (SSSR count). The Morgan fingerprint density at radius 2 is 1.55 bits per heavy atom. The number of para-hydroxylation sites is 2. The standard InChI is InChI=1S/C23H18N4S2/c24-22-21(16-9-3-1-4-10-16)19(26-27(22)17-11-5-2-6-12-17)15-28-23-25-18-13-7-8-14-20(18)29-23/h1-14H,15,24H2. The van der Waals surface area contributed by atoms with Crippen molar-refractivity contribution in [2.24, 2.45) is 0 Å². The summed E-state index contributed by atoms with van der Waals surface area (Å²) in [7, 11) is 0. The molecule has 2 N–H and O–H groups in total. The van der Waals surface area contributed by atoms with Gasteiger partial charge in [-0.2, -0.15) is 5.10 Å². The number of nitrogens with two attached hydrogens (primary N) is 1. The Hall–Kier alpha value is -3.09. The van der Waals surface area contributed by atoms with Crippen molar-refractivity contribution in [2.45, 2.75) is 10.1 Å². The molecule has 0 aliphatic rings. The second-order valence-electron chi connectivity index (χ2n) is 6.56. The summed E-state index contributed by atoms with van der Waals surface area (Å²) in [5, 5.41) is 4.87. The van der Waals surface area contributed by atoms with Crippen molar-refractivity contribution in [2.75, 3.05) is 5.73 Å². The quantitative estimate of drug-likeness (QED) is 0.357. The van der Waals surface area contributed by atoms with Crippen LogP contribution in [0.3, 0.4) is 0 Å². The van der Waals surface area contributed by atoms with E-state index in [0.29, 0.717) is 11.6 Å². The fourth-order valence-corrected chi connectivity index (χ4v) is 5.31. The molecule has 0 atom stereocenters. The lowest BCUT2D eigenvalue weighted by Crippen LogP contribution is -2.01. The zero-order valence-corrected chi connectivity index (χ0v) is 17.2. The Balaban J connectivity index is 1.54. The lowest BCUT2D eigenvalue weighted by Gasteiger charge is -2.05. The van der Waals surface area contributed by atoms with Gasteiger partial charge in [0.2, 0.25) is 0 Å². The molecular weight excluding hydrogens is 396 g/mol. The molecule has 0 fully saturated rings. The molecule has 0 spiro atoms. The van der Waals surface area contributed by atoms with E-state index in [4.69, 9.17) is 15.8 Å². The van der Waals surface area contributed by atoms with E-state index < -0.39 is 0 Å². The van der Waals surface area contributed by atoms with Gasteiger partial charge in [-0.3, -0.25) is 0 Å². The zero-order chi connectivity index (χ0) is 19.6. The number of nitrogens with zero attached hydrogens (tertiary/aromatic N) is 3. The number of rotatable bonds is 5. The highest BCUT2D eigenvalue weighted by Crippen LogP contribution is 2.37. The monoisotopic (exact) mass is 414 g/mol. The third-order valence-electron chi connectivity index (χ3n) is 4.66. The van der Waals surface area contributed by atoms with Crippen molar-refractivity contribution in [3.63, 3.8) is 0 Å². The summed E-state index contributed by atoms with van der Waals surface area (Å²) in [6.45, 7) is 0. The molecule has 5 aromatic rings. The number of hydrogen-bond donors (Lipinski definition) is 1. The van der Waals surface area contributed by atoms with Gasteiger partial charge < -0.3 is 5.73 Å². The summed E-state index contributed by atoms with van der Waals surface area (Å²) in [4.78, 5) is 4.73. The van der Waals surface area contributed by atoms with Crippen LogP contribution >= 0.6 is 23.1 Å². The van der Waals surface area contributed by atoms with Crippen molar-refractivity contribution in [3.8, 4) is 16.8 Å². The van der Waals surface area contributed by atoms with Gasteiger partial charge in [-0.1, -0.05) is 72.4 Å². The maximum absolute atomic E-state index is 6.58. The Morgan fingerprint density at radius 1 is 0.862 bits per heavy atom. The average molecular weight is 415 g/mol. The number of fused-ring (bicyclic) bond motifs is 1. The van der Waals surface area contributed by atoms with Crippen LogP contribution in [-0.2, 0) is 5.75 Å². The number of anilines is 1. The van der Waals surface area contributed by atoms with Gasteiger partial charge in [0.1, 0.15) is 5.82 Å². The fourth-order valence-electron chi connectivity index (χ4n) is 3.31. The van der Waals surface area contributed by atoms with Crippen LogP contribution in [0.1, 0.15) is 5.69 Å². The summed E-state index contributed by atoms with van der Waals surface area (Å²) >= 11 is 3.41. The van der Waals surface area contributed by atoms with Crippen molar-refractivity contribution in [1.29, 1.82) is 0 Å². The predicted molar refractivity (Wildman–Crippen MR) is 123 cm³/mol. The zero-order valence-electron chi connectivity index (χ0n) is 15.5. The first kappa shape index (κ1) is 18.0. The predicted octanol–water partition coefficient (Wildman–Crippen LogP) is 6.02. The number of benzene rings is 3. The van der Waals surface area contributed by atoms with Crippen molar-refractivity contribution >= 4 is 39.1 Å². The highest BCUT2D eigenvalue weighted by molar-refractivity contribution is 8.00. The first-order chi connectivity index (χ1) is 14.3. The molecule has 29 heavy (non-hydrogen) atoms. The topological polar surface area (TPSA) is 56.7 Å². The van der Waals surface area contributed by atoms with E-state index in [1.54, 1.807) is 23.1 Å². The summed E-state index contributed by atoms with van der Waals surface area (Å²) in [5.41, 5.74) is 11.6. The highest BCUT2D eigenvalue weighted by Gasteiger charge is 2.19. The normalized spacial score (nSPS) is 11.2. The van der Waals surface area contributed by atoms with Crippen LogP contribution in [0.2, 0.25) is 0 Å². The highest BCUT2D eigenvalue weighted by atomic mass is 32.2. The first-order valence-electron chi connectivity index (χ1n) is 9.26. The Labute approximate surface area is 177 Å². The maximum Gasteiger partial charge on any atom is 0.151 e. The van der Waals surface area contributed by atoms with E-state index in [-0.39, 0.29) is 0 Å². The second-order valence-corrected chi connectivity index (χ2v) is 8.81. The van der Waals surface area contributed by atoms with E-state index in [2.05, 4.69) is 18.2 Å². The number of nitrogen functional groups attached to an aromatic ring is 1. The summed E-state index contributed by atoms with van der Waals surface area (Å²) in [6, 6.07) is 28.5. The first-order valence-corrected chi connectivity index (χ1v) is 11.1. The summed E-state index contributed by atoms with van der Waals surface area (Å²) in [5.74, 6) is 1.36. The van der Waals surface area contributed by atoms with Gasteiger partial charge >= 0.3 is 0 Å². The minimum atomic E-state index is 0.655. The van der Waals surface area contributed by atoms with E-state index in [9.17, 15) is 0 Å². The van der Waals surface area contributed by atoms with Gasteiger partial charge in [0, 0.05) is 11.3 Å². The summed E-state index contributed by atoms with van der Waals surface area (Å²) in [6.07, 6.45) is 0. The van der Waals surface area contributed by atoms with Crippen LogP contribution in [0.4, 0.5) is 5.82 Å². The molecule has 142 valence electrons. The number of thioether (sulfide) groups is 1. The van der Waals surface area contributed by atoms with Gasteiger partial charge in [-0.15, -0.1) is 11.3 Å². The number of aromatic nitrogens is 3. The van der Waals surface area contributed by atoms with Gasteiger partial charge in [0.05, 0.1) is 21.6 Å². The molecule has 4 nitrogen and oxygen atoms in total. The molecule has 0 aliphatic heterocycles.